The van der Waals surface area contributed by atoms with Gasteiger partial charge in [0.15, 0.2) is 0 Å². The number of hydrogen-bond donors (Lipinski definition) is 1. The van der Waals surface area contributed by atoms with Crippen molar-refractivity contribution in [2.24, 2.45) is 5.92 Å². The van der Waals surface area contributed by atoms with Crippen molar-refractivity contribution < 1.29 is 4.74 Å². The van der Waals surface area contributed by atoms with E-state index in [1.807, 2.05) is 19.2 Å². The van der Waals surface area contributed by atoms with Gasteiger partial charge in [-0.3, -0.25) is 0 Å². The predicted molar refractivity (Wildman–Crippen MR) is 55.4 cm³/mol. The molecule has 1 N–H and O–H groups in total. The van der Waals surface area contributed by atoms with Gasteiger partial charge in [-0.1, -0.05) is 18.2 Å². The zero-order valence-electron chi connectivity index (χ0n) is 8.29. The molecule has 0 heterocycles. The van der Waals surface area contributed by atoms with Crippen molar-refractivity contribution >= 4 is 0 Å². The summed E-state index contributed by atoms with van der Waals surface area (Å²) in [5.74, 6) is 1.51. The summed E-state index contributed by atoms with van der Waals surface area (Å²) in [7, 11) is 3.67. The van der Waals surface area contributed by atoms with Crippen LogP contribution < -0.4 is 5.32 Å². The first-order valence-electron chi connectivity index (χ1n) is 4.60. The minimum Gasteiger partial charge on any atom is -0.497 e. The molecule has 2 heteroatoms. The quantitative estimate of drug-likeness (QED) is 0.714. The number of hydrogen-bond acceptors (Lipinski definition) is 2. The van der Waals surface area contributed by atoms with E-state index in [2.05, 4.69) is 23.5 Å². The van der Waals surface area contributed by atoms with Crippen molar-refractivity contribution in [2.45, 2.75) is 6.42 Å². The lowest BCUT2D eigenvalue weighted by molar-refractivity contribution is 0.306. The number of allylic oxidation sites excluding steroid dienone is 4. The van der Waals surface area contributed by atoms with Crippen LogP contribution >= 0.6 is 0 Å². The second-order valence-electron chi connectivity index (χ2n) is 3.11. The number of ether oxygens (including phenoxy) is 1. The smallest absolute Gasteiger partial charge is 0.118 e. The number of nitrogens with one attached hydrogen (secondary N) is 1. The molecule has 72 valence electrons. The molecule has 0 aromatic heterocycles. The van der Waals surface area contributed by atoms with Gasteiger partial charge in [0.25, 0.3) is 0 Å². The average molecular weight is 179 g/mol. The minimum atomic E-state index is 0.593. The minimum absolute atomic E-state index is 0.593. The zero-order valence-corrected chi connectivity index (χ0v) is 8.29. The highest BCUT2D eigenvalue weighted by molar-refractivity contribution is 5.21. The van der Waals surface area contributed by atoms with Crippen LogP contribution in [0.5, 0.6) is 0 Å². The molecular formula is C11H17NO. The van der Waals surface area contributed by atoms with Crippen molar-refractivity contribution in [1.82, 2.24) is 5.32 Å². The molecule has 0 spiro atoms. The summed E-state index contributed by atoms with van der Waals surface area (Å²) in [5, 5.41) is 3.17. The Morgan fingerprint density at radius 2 is 2.46 bits per heavy atom. The molecule has 0 fully saturated rings. The van der Waals surface area contributed by atoms with Crippen LogP contribution in [-0.4, -0.2) is 20.7 Å². The van der Waals surface area contributed by atoms with E-state index in [0.717, 1.165) is 18.7 Å². The normalized spacial score (nSPS) is 28.5. The fourth-order valence-corrected chi connectivity index (χ4v) is 1.35. The maximum absolute atomic E-state index is 5.13. The van der Waals surface area contributed by atoms with Gasteiger partial charge in [-0.05, 0) is 31.5 Å². The Balaban J connectivity index is 2.58. The summed E-state index contributed by atoms with van der Waals surface area (Å²) in [4.78, 5) is 0. The van der Waals surface area contributed by atoms with Gasteiger partial charge < -0.3 is 10.1 Å². The fourth-order valence-electron chi connectivity index (χ4n) is 1.35. The molecule has 0 amide bonds. The maximum atomic E-state index is 5.13. The van der Waals surface area contributed by atoms with Gasteiger partial charge in [-0.2, -0.15) is 0 Å². The predicted octanol–water partition coefficient (Wildman–Crippen LogP) is 1.87. The van der Waals surface area contributed by atoms with Crippen molar-refractivity contribution in [1.29, 1.82) is 0 Å². The summed E-state index contributed by atoms with van der Waals surface area (Å²) in [6.07, 6.45) is 11.5. The lowest BCUT2D eigenvalue weighted by atomic mass is 10.0. The molecule has 1 aliphatic carbocycles. The topological polar surface area (TPSA) is 21.3 Å². The zero-order chi connectivity index (χ0) is 9.52. The molecule has 2 nitrogen and oxygen atoms in total. The van der Waals surface area contributed by atoms with Crippen molar-refractivity contribution in [3.8, 4) is 0 Å². The summed E-state index contributed by atoms with van der Waals surface area (Å²) in [5.41, 5.74) is 0. The number of rotatable bonds is 3. The van der Waals surface area contributed by atoms with Crippen LogP contribution in [-0.2, 0) is 4.74 Å². The Labute approximate surface area is 80.0 Å². The van der Waals surface area contributed by atoms with E-state index in [1.54, 1.807) is 7.11 Å². The highest BCUT2D eigenvalue weighted by atomic mass is 16.5. The Morgan fingerprint density at radius 3 is 3.15 bits per heavy atom. The molecule has 1 atom stereocenters. The van der Waals surface area contributed by atoms with Crippen LogP contribution in [0.4, 0.5) is 0 Å². The molecule has 0 radical (unpaired) electrons. The molecule has 1 rings (SSSR count). The fraction of sp³-hybridized carbons (Fsp3) is 0.455. The molecule has 1 aliphatic rings. The molecule has 0 saturated heterocycles. The van der Waals surface area contributed by atoms with Crippen molar-refractivity contribution in [3.05, 3.63) is 36.1 Å². The number of methoxy groups -OCH3 is 1. The third-order valence-electron chi connectivity index (χ3n) is 2.07. The van der Waals surface area contributed by atoms with E-state index in [1.165, 1.54) is 0 Å². The standard InChI is InChI=1S/C11H17NO/c1-12-9-10-5-3-7-11(13-2)8-4-6-10/h3-5,7-8,10,12H,6,9H2,1-2H3/b5-3+,8-4?,11-7+. The average Bonchev–Trinajstić information content (AvgIpc) is 2.09. The van der Waals surface area contributed by atoms with Gasteiger partial charge in [0, 0.05) is 6.54 Å². The molecule has 1 unspecified atom stereocenters. The van der Waals surface area contributed by atoms with E-state index < -0.39 is 0 Å². The third-order valence-corrected chi connectivity index (χ3v) is 2.07. The van der Waals surface area contributed by atoms with Crippen molar-refractivity contribution in [3.63, 3.8) is 0 Å². The molecule has 0 aromatic rings. The van der Waals surface area contributed by atoms with E-state index in [9.17, 15) is 0 Å². The van der Waals surface area contributed by atoms with Gasteiger partial charge in [0.05, 0.1) is 7.11 Å². The SMILES string of the molecule is CNCC1/C=C/C=C(/OC)C=CC1. The van der Waals surface area contributed by atoms with Crippen LogP contribution in [0.15, 0.2) is 36.1 Å². The molecule has 0 aromatic carbocycles. The highest BCUT2D eigenvalue weighted by Gasteiger charge is 2.02. The van der Waals surface area contributed by atoms with Gasteiger partial charge in [-0.25, -0.2) is 0 Å². The summed E-state index contributed by atoms with van der Waals surface area (Å²) < 4.78 is 5.13. The summed E-state index contributed by atoms with van der Waals surface area (Å²) in [6.45, 7) is 1.02. The third kappa shape index (κ3) is 3.47. The van der Waals surface area contributed by atoms with E-state index in [4.69, 9.17) is 4.74 Å². The van der Waals surface area contributed by atoms with E-state index >= 15 is 0 Å². The Morgan fingerprint density at radius 1 is 1.62 bits per heavy atom. The largest absolute Gasteiger partial charge is 0.497 e. The monoisotopic (exact) mass is 179 g/mol. The van der Waals surface area contributed by atoms with Crippen LogP contribution in [0.2, 0.25) is 0 Å². The molecular weight excluding hydrogens is 162 g/mol. The van der Waals surface area contributed by atoms with Crippen LogP contribution in [0.25, 0.3) is 0 Å². The summed E-state index contributed by atoms with van der Waals surface area (Å²) >= 11 is 0. The van der Waals surface area contributed by atoms with Gasteiger partial charge in [0.2, 0.25) is 0 Å². The summed E-state index contributed by atoms with van der Waals surface area (Å²) in [6, 6.07) is 0. The second kappa shape index (κ2) is 5.60. The lowest BCUT2D eigenvalue weighted by Crippen LogP contribution is -2.16. The van der Waals surface area contributed by atoms with Crippen LogP contribution in [0.1, 0.15) is 6.42 Å². The Hall–Kier alpha value is -1.02. The van der Waals surface area contributed by atoms with Gasteiger partial charge in [0.1, 0.15) is 5.76 Å². The lowest BCUT2D eigenvalue weighted by Gasteiger charge is -2.10. The van der Waals surface area contributed by atoms with E-state index in [0.29, 0.717) is 5.92 Å². The Kier molecular flexibility index (Phi) is 4.33. The van der Waals surface area contributed by atoms with Gasteiger partial charge >= 0.3 is 0 Å². The maximum Gasteiger partial charge on any atom is 0.118 e. The first kappa shape index (κ1) is 10.1. The first-order valence-corrected chi connectivity index (χ1v) is 4.60. The molecule has 0 bridgehead atoms. The molecule has 13 heavy (non-hydrogen) atoms. The Bertz CT molecular complexity index is 228. The van der Waals surface area contributed by atoms with E-state index in [-0.39, 0.29) is 0 Å². The second-order valence-corrected chi connectivity index (χ2v) is 3.11. The van der Waals surface area contributed by atoms with Crippen LogP contribution in [0, 0.1) is 5.92 Å². The molecule has 0 saturated carbocycles. The molecule has 0 aliphatic heterocycles. The first-order chi connectivity index (χ1) is 6.36. The van der Waals surface area contributed by atoms with Crippen LogP contribution in [0.3, 0.4) is 0 Å². The highest BCUT2D eigenvalue weighted by Crippen LogP contribution is 2.11. The van der Waals surface area contributed by atoms with Crippen molar-refractivity contribution in [2.75, 3.05) is 20.7 Å². The van der Waals surface area contributed by atoms with Gasteiger partial charge in [-0.15, -0.1) is 0 Å².